The van der Waals surface area contributed by atoms with Gasteiger partial charge in [0.25, 0.3) is 5.69 Å². The number of nitrogens with zero attached hydrogens (tertiary/aromatic N) is 4. The number of rotatable bonds is 6. The van der Waals surface area contributed by atoms with Crippen LogP contribution in [0.5, 0.6) is 0 Å². The molecule has 0 spiro atoms. The normalized spacial score (nSPS) is 10.7. The minimum absolute atomic E-state index is 0.0151. The molecule has 0 saturated carbocycles. The van der Waals surface area contributed by atoms with E-state index < -0.39 is 4.92 Å². The minimum atomic E-state index is -0.471. The number of thioether (sulfide) groups is 1. The van der Waals surface area contributed by atoms with Gasteiger partial charge in [-0.1, -0.05) is 23.4 Å². The van der Waals surface area contributed by atoms with Gasteiger partial charge in [0.2, 0.25) is 5.91 Å². The standard InChI is InChI=1S/C18H16ClN5O3S/c1-11-9-14(24(26)27)7-8-15(11)20-16(25)10-28-18-22-21-17(23(18)2)12-3-5-13(19)6-4-12/h3-9H,10H2,1-2H3,(H,20,25). The Bertz CT molecular complexity index is 1040. The van der Waals surface area contributed by atoms with Crippen LogP contribution in [0.15, 0.2) is 47.6 Å². The Hall–Kier alpha value is -2.91. The molecule has 1 N–H and O–H groups in total. The van der Waals surface area contributed by atoms with E-state index in [9.17, 15) is 14.9 Å². The third-order valence-corrected chi connectivity index (χ3v) is 5.24. The second-order valence-corrected chi connectivity index (χ2v) is 7.34. The number of non-ortho nitro benzene ring substituents is 1. The summed E-state index contributed by atoms with van der Waals surface area (Å²) in [5.74, 6) is 0.562. The van der Waals surface area contributed by atoms with E-state index in [1.807, 2.05) is 19.2 Å². The molecule has 2 aromatic carbocycles. The maximum atomic E-state index is 12.2. The number of nitro benzene ring substituents is 1. The third kappa shape index (κ3) is 4.49. The lowest BCUT2D eigenvalue weighted by molar-refractivity contribution is -0.384. The van der Waals surface area contributed by atoms with Gasteiger partial charge in [-0.2, -0.15) is 0 Å². The van der Waals surface area contributed by atoms with E-state index in [2.05, 4.69) is 15.5 Å². The van der Waals surface area contributed by atoms with Crippen molar-refractivity contribution >= 4 is 40.6 Å². The van der Waals surface area contributed by atoms with E-state index >= 15 is 0 Å². The molecule has 0 saturated heterocycles. The van der Waals surface area contributed by atoms with Crippen molar-refractivity contribution in [2.75, 3.05) is 11.1 Å². The Morgan fingerprint density at radius 2 is 1.96 bits per heavy atom. The first-order valence-electron chi connectivity index (χ1n) is 8.18. The van der Waals surface area contributed by atoms with Gasteiger partial charge in [0, 0.05) is 35.5 Å². The Labute approximate surface area is 170 Å². The number of aryl methyl sites for hydroxylation is 1. The van der Waals surface area contributed by atoms with Crippen molar-refractivity contribution < 1.29 is 9.72 Å². The molecule has 0 aliphatic rings. The van der Waals surface area contributed by atoms with E-state index in [0.29, 0.717) is 27.3 Å². The predicted octanol–water partition coefficient (Wildman–Crippen LogP) is 4.08. The van der Waals surface area contributed by atoms with Crippen molar-refractivity contribution in [1.82, 2.24) is 14.8 Å². The van der Waals surface area contributed by atoms with Gasteiger partial charge >= 0.3 is 0 Å². The van der Waals surface area contributed by atoms with Crippen LogP contribution < -0.4 is 5.32 Å². The molecule has 8 nitrogen and oxygen atoms in total. The summed E-state index contributed by atoms with van der Waals surface area (Å²) >= 11 is 7.16. The lowest BCUT2D eigenvalue weighted by atomic mass is 10.2. The first-order valence-corrected chi connectivity index (χ1v) is 9.54. The summed E-state index contributed by atoms with van der Waals surface area (Å²) in [5.41, 5.74) is 2.02. The van der Waals surface area contributed by atoms with Crippen molar-refractivity contribution in [1.29, 1.82) is 0 Å². The Morgan fingerprint density at radius 1 is 1.25 bits per heavy atom. The highest BCUT2D eigenvalue weighted by Gasteiger charge is 2.14. The summed E-state index contributed by atoms with van der Waals surface area (Å²) in [4.78, 5) is 22.6. The number of carbonyl (C=O) groups is 1. The molecule has 0 aliphatic carbocycles. The molecule has 0 bridgehead atoms. The largest absolute Gasteiger partial charge is 0.325 e. The molecule has 1 aromatic heterocycles. The summed E-state index contributed by atoms with van der Waals surface area (Å²) in [6.07, 6.45) is 0. The molecule has 0 fully saturated rings. The van der Waals surface area contributed by atoms with Crippen LogP contribution in [0.2, 0.25) is 5.02 Å². The number of anilines is 1. The van der Waals surface area contributed by atoms with E-state index in [4.69, 9.17) is 11.6 Å². The number of hydrogen-bond acceptors (Lipinski definition) is 6. The lowest BCUT2D eigenvalue weighted by Crippen LogP contribution is -2.15. The highest BCUT2D eigenvalue weighted by Crippen LogP contribution is 2.25. The number of nitrogens with one attached hydrogen (secondary N) is 1. The van der Waals surface area contributed by atoms with Crippen LogP contribution >= 0.6 is 23.4 Å². The zero-order valence-electron chi connectivity index (χ0n) is 15.0. The lowest BCUT2D eigenvalue weighted by Gasteiger charge is -2.08. The Kier molecular flexibility index (Phi) is 5.96. The van der Waals surface area contributed by atoms with Gasteiger partial charge in [0.1, 0.15) is 0 Å². The molecule has 10 heteroatoms. The maximum Gasteiger partial charge on any atom is 0.269 e. The zero-order chi connectivity index (χ0) is 20.3. The average molecular weight is 418 g/mol. The van der Waals surface area contributed by atoms with Gasteiger partial charge in [-0.25, -0.2) is 0 Å². The van der Waals surface area contributed by atoms with Gasteiger partial charge in [-0.3, -0.25) is 14.9 Å². The van der Waals surface area contributed by atoms with Crippen molar-refractivity contribution in [2.45, 2.75) is 12.1 Å². The Balaban J connectivity index is 1.64. The summed E-state index contributed by atoms with van der Waals surface area (Å²) in [6.45, 7) is 1.71. The van der Waals surface area contributed by atoms with Crippen LogP contribution in [0.3, 0.4) is 0 Å². The number of aromatic nitrogens is 3. The number of nitro groups is 1. The maximum absolute atomic E-state index is 12.2. The second kappa shape index (κ2) is 8.41. The van der Waals surface area contributed by atoms with E-state index in [1.165, 1.54) is 30.0 Å². The van der Waals surface area contributed by atoms with Crippen LogP contribution in [0.25, 0.3) is 11.4 Å². The van der Waals surface area contributed by atoms with Crippen LogP contribution in [0.1, 0.15) is 5.56 Å². The minimum Gasteiger partial charge on any atom is -0.325 e. The molecular formula is C18H16ClN5O3S. The summed E-state index contributed by atoms with van der Waals surface area (Å²) in [5, 5.41) is 23.1. The number of halogens is 1. The predicted molar refractivity (Wildman–Crippen MR) is 109 cm³/mol. The molecule has 144 valence electrons. The smallest absolute Gasteiger partial charge is 0.269 e. The highest BCUT2D eigenvalue weighted by molar-refractivity contribution is 7.99. The van der Waals surface area contributed by atoms with E-state index in [-0.39, 0.29) is 17.3 Å². The fourth-order valence-electron chi connectivity index (χ4n) is 2.51. The van der Waals surface area contributed by atoms with Crippen molar-refractivity contribution in [2.24, 2.45) is 7.05 Å². The third-order valence-electron chi connectivity index (χ3n) is 3.96. The van der Waals surface area contributed by atoms with Crippen molar-refractivity contribution in [3.8, 4) is 11.4 Å². The molecule has 28 heavy (non-hydrogen) atoms. The van der Waals surface area contributed by atoms with Gasteiger partial charge in [0.05, 0.1) is 10.7 Å². The van der Waals surface area contributed by atoms with Crippen LogP contribution in [-0.2, 0) is 11.8 Å². The van der Waals surface area contributed by atoms with Gasteiger partial charge in [-0.05, 0) is 42.8 Å². The summed E-state index contributed by atoms with van der Waals surface area (Å²) in [7, 11) is 1.82. The number of amides is 1. The molecule has 1 heterocycles. The summed E-state index contributed by atoms with van der Waals surface area (Å²) < 4.78 is 1.80. The van der Waals surface area contributed by atoms with Crippen molar-refractivity contribution in [3.63, 3.8) is 0 Å². The van der Waals surface area contributed by atoms with Gasteiger partial charge < -0.3 is 9.88 Å². The van der Waals surface area contributed by atoms with Crippen LogP contribution in [0, 0.1) is 17.0 Å². The van der Waals surface area contributed by atoms with E-state index in [1.54, 1.807) is 23.6 Å². The SMILES string of the molecule is Cc1cc([N+](=O)[O-])ccc1NC(=O)CSc1nnc(-c2ccc(Cl)cc2)n1C. The topological polar surface area (TPSA) is 103 Å². The average Bonchev–Trinajstić information content (AvgIpc) is 3.03. The number of carbonyl (C=O) groups excluding carboxylic acids is 1. The number of benzene rings is 2. The molecule has 0 radical (unpaired) electrons. The molecule has 3 rings (SSSR count). The fourth-order valence-corrected chi connectivity index (χ4v) is 3.35. The zero-order valence-corrected chi connectivity index (χ0v) is 16.6. The number of hydrogen-bond donors (Lipinski definition) is 1. The molecule has 3 aromatic rings. The molecular weight excluding hydrogens is 402 g/mol. The van der Waals surface area contributed by atoms with Crippen molar-refractivity contribution in [3.05, 3.63) is 63.2 Å². The molecule has 0 aliphatic heterocycles. The molecule has 0 unspecified atom stereocenters. The van der Waals surface area contributed by atoms with E-state index in [0.717, 1.165) is 5.56 Å². The fraction of sp³-hybridized carbons (Fsp3) is 0.167. The monoisotopic (exact) mass is 417 g/mol. The quantitative estimate of drug-likeness (QED) is 0.368. The summed E-state index contributed by atoms with van der Waals surface area (Å²) in [6, 6.07) is 11.6. The highest BCUT2D eigenvalue weighted by atomic mass is 35.5. The first-order chi connectivity index (χ1) is 13.3. The second-order valence-electron chi connectivity index (χ2n) is 5.97. The Morgan fingerprint density at radius 3 is 2.61 bits per heavy atom. The van der Waals surface area contributed by atoms with Crippen LogP contribution in [-0.4, -0.2) is 31.3 Å². The molecule has 1 amide bonds. The first kappa shape index (κ1) is 19.8. The molecule has 0 atom stereocenters. The van der Waals surface area contributed by atoms with Crippen LogP contribution in [0.4, 0.5) is 11.4 Å². The van der Waals surface area contributed by atoms with Gasteiger partial charge in [0.15, 0.2) is 11.0 Å². The van der Waals surface area contributed by atoms with Gasteiger partial charge in [-0.15, -0.1) is 10.2 Å².